The van der Waals surface area contributed by atoms with Crippen LogP contribution in [0.5, 0.6) is 0 Å². The van der Waals surface area contributed by atoms with Crippen LogP contribution in [0.25, 0.3) is 0 Å². The second-order valence-electron chi connectivity index (χ2n) is 6.29. The number of hydrogen-bond donors (Lipinski definition) is 3. The molecule has 0 aromatic heterocycles. The summed E-state index contributed by atoms with van der Waals surface area (Å²) in [6.07, 6.45) is 5.69. The van der Waals surface area contributed by atoms with E-state index in [9.17, 15) is 14.7 Å². The molecule has 5 nitrogen and oxygen atoms in total. The van der Waals surface area contributed by atoms with Crippen molar-refractivity contribution in [3.05, 3.63) is 0 Å². The van der Waals surface area contributed by atoms with E-state index in [0.29, 0.717) is 6.42 Å². The predicted molar refractivity (Wildman–Crippen MR) is 71.5 cm³/mol. The van der Waals surface area contributed by atoms with Crippen LogP contribution in [0.2, 0.25) is 0 Å². The normalized spacial score (nSPS) is 38.9. The molecule has 0 heterocycles. The number of carbonyl (C=O) groups excluding carboxylic acids is 1. The average molecular weight is 268 g/mol. The molecule has 2 aliphatic carbocycles. The van der Waals surface area contributed by atoms with E-state index >= 15 is 0 Å². The molecular weight excluding hydrogens is 244 g/mol. The predicted octanol–water partition coefficient (Wildman–Crippen LogP) is 1.26. The molecule has 1 amide bonds. The third-order valence-electron chi connectivity index (χ3n) is 4.91. The lowest BCUT2D eigenvalue weighted by Crippen LogP contribution is -2.49. The van der Waals surface area contributed by atoms with Crippen molar-refractivity contribution >= 4 is 11.9 Å². The third-order valence-corrected chi connectivity index (χ3v) is 4.91. The summed E-state index contributed by atoms with van der Waals surface area (Å²) in [5.74, 6) is -0.773. The van der Waals surface area contributed by atoms with E-state index in [4.69, 9.17) is 5.73 Å². The Labute approximate surface area is 113 Å². The van der Waals surface area contributed by atoms with Gasteiger partial charge < -0.3 is 16.2 Å². The molecule has 2 fully saturated rings. The zero-order valence-electron chi connectivity index (χ0n) is 11.5. The smallest absolute Gasteiger partial charge is 0.311 e. The Kier molecular flexibility index (Phi) is 4.13. The second kappa shape index (κ2) is 5.49. The van der Waals surface area contributed by atoms with E-state index in [0.717, 1.165) is 38.5 Å². The second-order valence-corrected chi connectivity index (χ2v) is 6.29. The lowest BCUT2D eigenvalue weighted by Gasteiger charge is -2.31. The number of hydrogen-bond acceptors (Lipinski definition) is 3. The zero-order valence-corrected chi connectivity index (χ0v) is 11.5. The van der Waals surface area contributed by atoms with Crippen LogP contribution >= 0.6 is 0 Å². The molecule has 2 atom stereocenters. The summed E-state index contributed by atoms with van der Waals surface area (Å²) >= 11 is 0. The number of nitrogens with one attached hydrogen (secondary N) is 1. The van der Waals surface area contributed by atoms with E-state index in [1.54, 1.807) is 6.92 Å². The van der Waals surface area contributed by atoms with Gasteiger partial charge >= 0.3 is 5.97 Å². The number of nitrogens with two attached hydrogens (primary N) is 1. The van der Waals surface area contributed by atoms with Crippen LogP contribution in [0.15, 0.2) is 0 Å². The van der Waals surface area contributed by atoms with Crippen LogP contribution in [0.3, 0.4) is 0 Å². The van der Waals surface area contributed by atoms with Crippen LogP contribution in [0.4, 0.5) is 0 Å². The number of aliphatic carboxylic acids is 1. The highest BCUT2D eigenvalue weighted by molar-refractivity contribution is 5.81. The highest BCUT2D eigenvalue weighted by atomic mass is 16.4. The first-order chi connectivity index (χ1) is 8.93. The fourth-order valence-electron chi connectivity index (χ4n) is 3.32. The van der Waals surface area contributed by atoms with Gasteiger partial charge in [-0.1, -0.05) is 6.42 Å². The molecule has 5 heteroatoms. The van der Waals surface area contributed by atoms with Crippen LogP contribution in [-0.2, 0) is 9.59 Å². The SMILES string of the molecule is CC1(C(=O)O)CCCC1NC(=O)C1CCC(N)CC1. The quantitative estimate of drug-likeness (QED) is 0.718. The Bertz CT molecular complexity index is 364. The van der Waals surface area contributed by atoms with E-state index in [-0.39, 0.29) is 23.9 Å². The highest BCUT2D eigenvalue weighted by Crippen LogP contribution is 2.38. The number of rotatable bonds is 3. The number of amides is 1. The topological polar surface area (TPSA) is 92.4 Å². The summed E-state index contributed by atoms with van der Waals surface area (Å²) in [7, 11) is 0. The molecule has 2 rings (SSSR count). The van der Waals surface area contributed by atoms with Crippen molar-refractivity contribution < 1.29 is 14.7 Å². The van der Waals surface area contributed by atoms with Gasteiger partial charge in [0.05, 0.1) is 5.41 Å². The summed E-state index contributed by atoms with van der Waals surface area (Å²) in [5.41, 5.74) is 5.03. The molecule has 19 heavy (non-hydrogen) atoms. The molecule has 0 aromatic rings. The van der Waals surface area contributed by atoms with E-state index in [1.807, 2.05) is 0 Å². The van der Waals surface area contributed by atoms with E-state index in [2.05, 4.69) is 5.32 Å². The summed E-state index contributed by atoms with van der Waals surface area (Å²) < 4.78 is 0. The van der Waals surface area contributed by atoms with Gasteiger partial charge in [0.15, 0.2) is 0 Å². The van der Waals surface area contributed by atoms with Gasteiger partial charge in [-0.3, -0.25) is 9.59 Å². The summed E-state index contributed by atoms with van der Waals surface area (Å²) in [4.78, 5) is 23.6. The van der Waals surface area contributed by atoms with Gasteiger partial charge in [-0.25, -0.2) is 0 Å². The molecule has 4 N–H and O–H groups in total. The molecule has 0 aliphatic heterocycles. The van der Waals surface area contributed by atoms with Gasteiger partial charge in [0.25, 0.3) is 0 Å². The van der Waals surface area contributed by atoms with Crippen molar-refractivity contribution in [2.45, 2.75) is 64.0 Å². The number of carbonyl (C=O) groups is 2. The largest absolute Gasteiger partial charge is 0.481 e. The Hall–Kier alpha value is -1.10. The fourth-order valence-corrected chi connectivity index (χ4v) is 3.32. The maximum atomic E-state index is 12.2. The van der Waals surface area contributed by atoms with Crippen molar-refractivity contribution in [2.24, 2.45) is 17.1 Å². The zero-order chi connectivity index (χ0) is 14.0. The molecule has 0 saturated heterocycles. The standard InChI is InChI=1S/C14H24N2O3/c1-14(13(18)19)8-2-3-11(14)16-12(17)9-4-6-10(15)7-5-9/h9-11H,2-8,15H2,1H3,(H,16,17)(H,18,19). The van der Waals surface area contributed by atoms with Gasteiger partial charge in [0, 0.05) is 18.0 Å². The molecule has 2 unspecified atom stereocenters. The van der Waals surface area contributed by atoms with Crippen molar-refractivity contribution in [3.63, 3.8) is 0 Å². The van der Waals surface area contributed by atoms with Crippen molar-refractivity contribution in [1.29, 1.82) is 0 Å². The average Bonchev–Trinajstić information content (AvgIpc) is 2.73. The van der Waals surface area contributed by atoms with Gasteiger partial charge in [0.2, 0.25) is 5.91 Å². The Balaban J connectivity index is 1.93. The number of carboxylic acids is 1. The highest BCUT2D eigenvalue weighted by Gasteiger charge is 2.46. The van der Waals surface area contributed by atoms with Gasteiger partial charge in [-0.05, 0) is 45.4 Å². The molecule has 2 saturated carbocycles. The summed E-state index contributed by atoms with van der Waals surface area (Å²) in [5, 5.41) is 12.3. The summed E-state index contributed by atoms with van der Waals surface area (Å²) in [6.45, 7) is 1.74. The Morgan fingerprint density at radius 1 is 1.21 bits per heavy atom. The molecule has 108 valence electrons. The third kappa shape index (κ3) is 2.91. The van der Waals surface area contributed by atoms with Gasteiger partial charge in [-0.15, -0.1) is 0 Å². The molecular formula is C14H24N2O3. The lowest BCUT2D eigenvalue weighted by molar-refractivity contribution is -0.149. The molecule has 0 radical (unpaired) electrons. The first-order valence-corrected chi connectivity index (χ1v) is 7.23. The van der Waals surface area contributed by atoms with Crippen LogP contribution in [0.1, 0.15) is 51.9 Å². The maximum Gasteiger partial charge on any atom is 0.311 e. The van der Waals surface area contributed by atoms with Crippen LogP contribution in [-0.4, -0.2) is 29.1 Å². The van der Waals surface area contributed by atoms with Crippen LogP contribution < -0.4 is 11.1 Å². The Morgan fingerprint density at radius 3 is 2.42 bits per heavy atom. The molecule has 0 spiro atoms. The first-order valence-electron chi connectivity index (χ1n) is 7.23. The summed E-state index contributed by atoms with van der Waals surface area (Å²) in [6, 6.07) is -0.00656. The molecule has 0 bridgehead atoms. The number of carboxylic acid groups (broad SMARTS) is 1. The van der Waals surface area contributed by atoms with Gasteiger partial charge in [0.1, 0.15) is 0 Å². The monoisotopic (exact) mass is 268 g/mol. The van der Waals surface area contributed by atoms with Crippen molar-refractivity contribution in [2.75, 3.05) is 0 Å². The molecule has 2 aliphatic rings. The van der Waals surface area contributed by atoms with Crippen LogP contribution in [0, 0.1) is 11.3 Å². The Morgan fingerprint density at radius 2 is 1.84 bits per heavy atom. The lowest BCUT2D eigenvalue weighted by atomic mass is 9.83. The van der Waals surface area contributed by atoms with Crippen molar-refractivity contribution in [1.82, 2.24) is 5.32 Å². The van der Waals surface area contributed by atoms with E-state index < -0.39 is 11.4 Å². The minimum absolute atomic E-state index is 0.0124. The van der Waals surface area contributed by atoms with Crippen molar-refractivity contribution in [3.8, 4) is 0 Å². The molecule has 0 aromatic carbocycles. The minimum Gasteiger partial charge on any atom is -0.481 e. The maximum absolute atomic E-state index is 12.2. The fraction of sp³-hybridized carbons (Fsp3) is 0.857. The first kappa shape index (κ1) is 14.3. The van der Waals surface area contributed by atoms with E-state index in [1.165, 1.54) is 0 Å². The van der Waals surface area contributed by atoms with Gasteiger partial charge in [-0.2, -0.15) is 0 Å². The minimum atomic E-state index is -0.805.